The van der Waals surface area contributed by atoms with Crippen molar-refractivity contribution in [3.8, 4) is 0 Å². The molecule has 0 rings (SSSR count). The van der Waals surface area contributed by atoms with Crippen LogP contribution in [0.15, 0.2) is 0 Å². The van der Waals surface area contributed by atoms with Gasteiger partial charge in [-0.1, -0.05) is 221 Å². The highest BCUT2D eigenvalue weighted by Crippen LogP contribution is 2.61. The van der Waals surface area contributed by atoms with Gasteiger partial charge in [0, 0.05) is 0 Å². The largest absolute Gasteiger partial charge is 0.0776 e. The van der Waals surface area contributed by atoms with Crippen LogP contribution in [0.5, 0.6) is 0 Å². The zero-order chi connectivity index (χ0) is 34.6. The quantitative estimate of drug-likeness (QED) is 0.0829. The molecule has 4 atom stereocenters. The molecule has 0 spiro atoms. The fourth-order valence-corrected chi connectivity index (χ4v) is 8.98. The Bertz CT molecular complexity index is 614. The fraction of sp³-hybridized carbons (Fsp3) is 1.00. The molecule has 0 N–H and O–H groups in total. The first-order valence-corrected chi connectivity index (χ1v) is 20.5. The lowest BCUT2D eigenvalue weighted by atomic mass is 9.48. The molecule has 0 aliphatic carbocycles. The fourth-order valence-electron chi connectivity index (χ4n) is 8.98. The predicted molar refractivity (Wildman–Crippen MR) is 214 cm³/mol. The first-order chi connectivity index (χ1) is 20.5. The Kier molecular flexibility index (Phi) is 26.5. The standard InChI is InChI=1S/2C22H46.CH4/c2*1-9-13-16-19-22(8,20(5,6)17-14-10-2)21(7,12-4)18-15-11-3;/h2*9-19H2,1-8H3;1H4. The number of hydrogen-bond donors (Lipinski definition) is 0. The molecule has 0 heteroatoms. The van der Waals surface area contributed by atoms with Crippen LogP contribution in [-0.2, 0) is 0 Å². The molecule has 0 heterocycles. The molecule has 0 amide bonds. The predicted octanol–water partition coefficient (Wildman–Crippen LogP) is 17.4. The molecule has 0 bridgehead atoms. The van der Waals surface area contributed by atoms with Crippen molar-refractivity contribution < 1.29 is 0 Å². The van der Waals surface area contributed by atoms with Crippen LogP contribution in [0.25, 0.3) is 0 Å². The van der Waals surface area contributed by atoms with Crippen LogP contribution in [0.3, 0.4) is 0 Å². The van der Waals surface area contributed by atoms with Crippen LogP contribution in [0.2, 0.25) is 0 Å². The Morgan fingerprint density at radius 3 is 0.756 bits per heavy atom. The van der Waals surface area contributed by atoms with Gasteiger partial charge in [0.15, 0.2) is 0 Å². The summed E-state index contributed by atoms with van der Waals surface area (Å²) in [6.07, 6.45) is 30.2. The normalized spacial score (nSPS) is 17.6. The maximum absolute atomic E-state index is 2.64. The lowest BCUT2D eigenvalue weighted by Gasteiger charge is -2.57. The van der Waals surface area contributed by atoms with Crippen molar-refractivity contribution in [3.05, 3.63) is 0 Å². The van der Waals surface area contributed by atoms with Crippen LogP contribution in [-0.4, -0.2) is 0 Å². The van der Waals surface area contributed by atoms with Crippen LogP contribution in [0, 0.1) is 32.5 Å². The summed E-state index contributed by atoms with van der Waals surface area (Å²) < 4.78 is 0. The van der Waals surface area contributed by atoms with Crippen LogP contribution in [0.1, 0.15) is 259 Å². The highest BCUT2D eigenvalue weighted by Gasteiger charge is 2.52. The van der Waals surface area contributed by atoms with E-state index in [0.29, 0.717) is 32.5 Å². The third kappa shape index (κ3) is 14.2. The summed E-state index contributed by atoms with van der Waals surface area (Å²) in [5, 5.41) is 0. The van der Waals surface area contributed by atoms with Gasteiger partial charge in [-0.25, -0.2) is 0 Å². The molecular formula is C45H96. The molecule has 0 nitrogen and oxygen atoms in total. The minimum atomic E-state index is 0. The van der Waals surface area contributed by atoms with Crippen molar-refractivity contribution in [1.29, 1.82) is 0 Å². The van der Waals surface area contributed by atoms with E-state index in [1.54, 1.807) is 0 Å². The van der Waals surface area contributed by atoms with Crippen molar-refractivity contribution in [2.24, 2.45) is 32.5 Å². The van der Waals surface area contributed by atoms with Crippen molar-refractivity contribution >= 4 is 0 Å². The summed E-state index contributed by atoms with van der Waals surface area (Å²) in [4.78, 5) is 0. The van der Waals surface area contributed by atoms with Gasteiger partial charge in [0.2, 0.25) is 0 Å². The first kappa shape index (κ1) is 49.4. The molecule has 4 unspecified atom stereocenters. The Hall–Kier alpha value is 0. The topological polar surface area (TPSA) is 0 Å². The van der Waals surface area contributed by atoms with Gasteiger partial charge in [-0.2, -0.15) is 0 Å². The van der Waals surface area contributed by atoms with E-state index in [2.05, 4.69) is 111 Å². The van der Waals surface area contributed by atoms with Crippen molar-refractivity contribution in [2.45, 2.75) is 259 Å². The summed E-state index contributed by atoms with van der Waals surface area (Å²) in [6, 6.07) is 0. The van der Waals surface area contributed by atoms with Gasteiger partial charge in [-0.15, -0.1) is 0 Å². The zero-order valence-electron chi connectivity index (χ0n) is 34.6. The Morgan fingerprint density at radius 2 is 0.533 bits per heavy atom. The van der Waals surface area contributed by atoms with Gasteiger partial charge >= 0.3 is 0 Å². The molecule has 0 aliphatic rings. The SMILES string of the molecule is C.CCCCCC(C)(C(C)(C)CCCC)C(C)(CC)CCCC.CCCCCC(C)(C(C)(C)CCCC)C(C)(CC)CCCC. The van der Waals surface area contributed by atoms with Gasteiger partial charge < -0.3 is 0 Å². The van der Waals surface area contributed by atoms with Gasteiger partial charge in [-0.05, 0) is 71.0 Å². The van der Waals surface area contributed by atoms with Crippen molar-refractivity contribution in [1.82, 2.24) is 0 Å². The smallest absolute Gasteiger partial charge is 0.0221 e. The Labute approximate surface area is 291 Å². The highest BCUT2D eigenvalue weighted by molar-refractivity contribution is 5.01. The van der Waals surface area contributed by atoms with Gasteiger partial charge in [0.25, 0.3) is 0 Å². The molecule has 0 saturated heterocycles. The summed E-state index contributed by atoms with van der Waals surface area (Å²) in [6.45, 7) is 39.6. The Balaban J connectivity index is -0.000000767. The van der Waals surface area contributed by atoms with Crippen LogP contribution < -0.4 is 0 Å². The first-order valence-electron chi connectivity index (χ1n) is 20.5. The van der Waals surface area contributed by atoms with E-state index in [0.717, 1.165) is 0 Å². The lowest BCUT2D eigenvalue weighted by molar-refractivity contribution is -0.0712. The molecule has 45 heavy (non-hydrogen) atoms. The molecule has 0 radical (unpaired) electrons. The second-order valence-electron chi connectivity index (χ2n) is 17.6. The number of unbranched alkanes of at least 4 members (excludes halogenated alkanes) is 8. The molecule has 0 aliphatic heterocycles. The molecule has 0 aromatic carbocycles. The molecule has 0 fully saturated rings. The van der Waals surface area contributed by atoms with E-state index in [9.17, 15) is 0 Å². The molecule has 0 saturated carbocycles. The summed E-state index contributed by atoms with van der Waals surface area (Å²) in [7, 11) is 0. The van der Waals surface area contributed by atoms with Crippen LogP contribution in [0.4, 0.5) is 0 Å². The molecule has 276 valence electrons. The monoisotopic (exact) mass is 637 g/mol. The third-order valence-electron chi connectivity index (χ3n) is 14.2. The zero-order valence-corrected chi connectivity index (χ0v) is 34.6. The van der Waals surface area contributed by atoms with Gasteiger partial charge in [0.05, 0.1) is 0 Å². The molecular weight excluding hydrogens is 540 g/mol. The summed E-state index contributed by atoms with van der Waals surface area (Å²) in [5.74, 6) is 0. The summed E-state index contributed by atoms with van der Waals surface area (Å²) in [5.41, 5.74) is 2.75. The van der Waals surface area contributed by atoms with E-state index in [-0.39, 0.29) is 7.43 Å². The number of rotatable bonds is 26. The van der Waals surface area contributed by atoms with E-state index < -0.39 is 0 Å². The Morgan fingerprint density at radius 1 is 0.289 bits per heavy atom. The number of hydrogen-bond acceptors (Lipinski definition) is 0. The minimum absolute atomic E-state index is 0. The van der Waals surface area contributed by atoms with E-state index in [1.807, 2.05) is 0 Å². The van der Waals surface area contributed by atoms with Crippen molar-refractivity contribution in [3.63, 3.8) is 0 Å². The third-order valence-corrected chi connectivity index (χ3v) is 14.2. The highest BCUT2D eigenvalue weighted by atomic mass is 14.6. The molecule has 0 aromatic heterocycles. The van der Waals surface area contributed by atoms with Gasteiger partial charge in [0.1, 0.15) is 0 Å². The lowest BCUT2D eigenvalue weighted by Crippen LogP contribution is -2.48. The molecule has 0 aromatic rings. The van der Waals surface area contributed by atoms with E-state index in [4.69, 9.17) is 0 Å². The maximum atomic E-state index is 2.64. The van der Waals surface area contributed by atoms with Gasteiger partial charge in [-0.3, -0.25) is 0 Å². The average Bonchev–Trinajstić information content (AvgIpc) is 3.00. The second kappa shape index (κ2) is 24.2. The van der Waals surface area contributed by atoms with E-state index in [1.165, 1.54) is 141 Å². The van der Waals surface area contributed by atoms with E-state index >= 15 is 0 Å². The maximum Gasteiger partial charge on any atom is -0.0221 e. The van der Waals surface area contributed by atoms with Crippen molar-refractivity contribution in [2.75, 3.05) is 0 Å². The second-order valence-corrected chi connectivity index (χ2v) is 17.6. The average molecular weight is 637 g/mol. The summed E-state index contributed by atoms with van der Waals surface area (Å²) >= 11 is 0. The minimum Gasteiger partial charge on any atom is -0.0776 e. The van der Waals surface area contributed by atoms with Crippen LogP contribution >= 0.6 is 0 Å².